The van der Waals surface area contributed by atoms with Gasteiger partial charge in [-0.1, -0.05) is 18.2 Å². The van der Waals surface area contributed by atoms with Crippen LogP contribution in [-0.4, -0.2) is 25.2 Å². The Balaban J connectivity index is 2.73. The number of aliphatic imine (C=N–C) groups is 1. The number of carbonyl (C=O) groups is 1. The van der Waals surface area contributed by atoms with Gasteiger partial charge in [0.15, 0.2) is 5.96 Å². The van der Waals surface area contributed by atoms with Crippen LogP contribution in [-0.2, 0) is 9.84 Å². The van der Waals surface area contributed by atoms with Gasteiger partial charge in [-0.05, 0) is 30.7 Å². The minimum absolute atomic E-state index is 0.0965. The fourth-order valence-corrected chi connectivity index (χ4v) is 3.67. The molecule has 9 nitrogen and oxygen atoms in total. The number of nitro benzene ring substituents is 1. The summed E-state index contributed by atoms with van der Waals surface area (Å²) in [5.74, 6) is -1.41. The summed E-state index contributed by atoms with van der Waals surface area (Å²) in [5, 5.41) is 11.4. The average molecular weight is 362 g/mol. The molecule has 2 aromatic rings. The Morgan fingerprint density at radius 1 is 1.16 bits per heavy atom. The first-order chi connectivity index (χ1) is 11.6. The Labute approximate surface area is 143 Å². The SMILES string of the molecule is Cc1cc(S(=O)(=O)c2ccccc2)c([N+](=O)[O-])cc1C(=O)N=C(N)N. The highest BCUT2D eigenvalue weighted by molar-refractivity contribution is 7.91. The molecular formula is C15H14N4O5S. The van der Waals surface area contributed by atoms with Crippen molar-refractivity contribution in [2.24, 2.45) is 16.5 Å². The van der Waals surface area contributed by atoms with Gasteiger partial charge in [-0.3, -0.25) is 14.9 Å². The number of carbonyl (C=O) groups excluding carboxylic acids is 1. The van der Waals surface area contributed by atoms with Crippen LogP contribution >= 0.6 is 0 Å². The summed E-state index contributed by atoms with van der Waals surface area (Å²) in [6.45, 7) is 1.43. The van der Waals surface area contributed by atoms with Crippen LogP contribution in [0.4, 0.5) is 5.69 Å². The smallest absolute Gasteiger partial charge is 0.289 e. The number of nitrogens with two attached hydrogens (primary N) is 2. The van der Waals surface area contributed by atoms with Crippen LogP contribution in [0.1, 0.15) is 15.9 Å². The van der Waals surface area contributed by atoms with Gasteiger partial charge in [-0.2, -0.15) is 4.99 Å². The van der Waals surface area contributed by atoms with Gasteiger partial charge in [0.2, 0.25) is 9.84 Å². The van der Waals surface area contributed by atoms with Crippen molar-refractivity contribution in [2.75, 3.05) is 0 Å². The van der Waals surface area contributed by atoms with Gasteiger partial charge in [-0.25, -0.2) is 8.42 Å². The van der Waals surface area contributed by atoms with E-state index in [-0.39, 0.29) is 16.0 Å². The van der Waals surface area contributed by atoms with E-state index in [0.717, 1.165) is 12.1 Å². The maximum absolute atomic E-state index is 12.7. The van der Waals surface area contributed by atoms with E-state index in [0.29, 0.717) is 0 Å². The van der Waals surface area contributed by atoms with Crippen molar-refractivity contribution in [2.45, 2.75) is 16.7 Å². The molecule has 25 heavy (non-hydrogen) atoms. The Morgan fingerprint density at radius 3 is 2.28 bits per heavy atom. The molecule has 0 saturated carbocycles. The topological polar surface area (TPSA) is 159 Å². The standard InChI is InChI=1S/C15H14N4O5S/c1-9-7-13(25(23,24)10-5-3-2-4-6-10)12(19(21)22)8-11(9)14(20)18-15(16)17/h2-8H,1H3,(H4,16,17,18,20). The lowest BCUT2D eigenvalue weighted by atomic mass is 10.1. The average Bonchev–Trinajstić information content (AvgIpc) is 2.54. The van der Waals surface area contributed by atoms with E-state index in [4.69, 9.17) is 11.5 Å². The van der Waals surface area contributed by atoms with Gasteiger partial charge in [0.05, 0.1) is 15.4 Å². The molecule has 2 aromatic carbocycles. The highest BCUT2D eigenvalue weighted by Crippen LogP contribution is 2.32. The van der Waals surface area contributed by atoms with Crippen LogP contribution in [0.5, 0.6) is 0 Å². The van der Waals surface area contributed by atoms with Crippen molar-refractivity contribution >= 4 is 27.4 Å². The van der Waals surface area contributed by atoms with Gasteiger partial charge < -0.3 is 11.5 Å². The number of rotatable bonds is 4. The molecule has 0 aliphatic rings. The molecule has 0 unspecified atom stereocenters. The summed E-state index contributed by atoms with van der Waals surface area (Å²) in [6.07, 6.45) is 0. The molecular weight excluding hydrogens is 348 g/mol. The van der Waals surface area contributed by atoms with E-state index in [1.807, 2.05) is 0 Å². The first-order valence-corrected chi connectivity index (χ1v) is 8.36. The van der Waals surface area contributed by atoms with Gasteiger partial charge in [-0.15, -0.1) is 0 Å². The van der Waals surface area contributed by atoms with Crippen molar-refractivity contribution in [3.63, 3.8) is 0 Å². The van der Waals surface area contributed by atoms with Crippen molar-refractivity contribution in [1.29, 1.82) is 0 Å². The van der Waals surface area contributed by atoms with E-state index in [1.165, 1.54) is 31.2 Å². The number of benzene rings is 2. The lowest BCUT2D eigenvalue weighted by Crippen LogP contribution is -2.24. The second kappa shape index (κ2) is 6.69. The molecule has 0 saturated heterocycles. The lowest BCUT2D eigenvalue weighted by molar-refractivity contribution is -0.387. The first-order valence-electron chi connectivity index (χ1n) is 6.87. The number of sulfone groups is 1. The largest absolute Gasteiger partial charge is 0.370 e. The number of amides is 1. The van der Waals surface area contributed by atoms with Crippen molar-refractivity contribution in [3.05, 3.63) is 63.7 Å². The maximum Gasteiger partial charge on any atom is 0.289 e. The predicted octanol–water partition coefficient (Wildman–Crippen LogP) is 1.15. The quantitative estimate of drug-likeness (QED) is 0.357. The second-order valence-corrected chi connectivity index (χ2v) is 6.97. The van der Waals surface area contributed by atoms with Crippen molar-refractivity contribution in [3.8, 4) is 0 Å². The fraction of sp³-hybridized carbons (Fsp3) is 0.0667. The monoisotopic (exact) mass is 362 g/mol. The van der Waals surface area contributed by atoms with E-state index in [1.54, 1.807) is 6.07 Å². The highest BCUT2D eigenvalue weighted by Gasteiger charge is 2.30. The molecule has 0 radical (unpaired) electrons. The molecule has 1 amide bonds. The molecule has 130 valence electrons. The molecule has 0 aliphatic carbocycles. The highest BCUT2D eigenvalue weighted by atomic mass is 32.2. The van der Waals surface area contributed by atoms with Crippen LogP contribution in [0.3, 0.4) is 0 Å². The van der Waals surface area contributed by atoms with E-state index in [2.05, 4.69) is 4.99 Å². The van der Waals surface area contributed by atoms with Gasteiger partial charge in [0.25, 0.3) is 11.6 Å². The summed E-state index contributed by atoms with van der Waals surface area (Å²) in [5.41, 5.74) is 9.56. The number of nitrogens with zero attached hydrogens (tertiary/aromatic N) is 2. The Morgan fingerprint density at radius 2 is 1.76 bits per heavy atom. The number of hydrogen-bond donors (Lipinski definition) is 2. The third kappa shape index (κ3) is 3.63. The van der Waals surface area contributed by atoms with Crippen LogP contribution in [0, 0.1) is 17.0 Å². The summed E-state index contributed by atoms with van der Waals surface area (Å²) < 4.78 is 25.4. The molecule has 0 bridgehead atoms. The zero-order valence-corrected chi connectivity index (χ0v) is 13.9. The fourth-order valence-electron chi connectivity index (χ4n) is 2.16. The van der Waals surface area contributed by atoms with Gasteiger partial charge in [0, 0.05) is 6.07 Å². The molecule has 0 atom stereocenters. The Bertz CT molecular complexity index is 980. The summed E-state index contributed by atoms with van der Waals surface area (Å²) >= 11 is 0. The Kier molecular flexibility index (Phi) is 4.84. The molecule has 10 heteroatoms. The number of hydrogen-bond acceptors (Lipinski definition) is 5. The molecule has 4 N–H and O–H groups in total. The van der Waals surface area contributed by atoms with Crippen molar-refractivity contribution in [1.82, 2.24) is 0 Å². The molecule has 0 spiro atoms. The van der Waals surface area contributed by atoms with Crippen molar-refractivity contribution < 1.29 is 18.1 Å². The zero-order valence-electron chi connectivity index (χ0n) is 13.0. The number of guanidine groups is 1. The van der Waals surface area contributed by atoms with Crippen LogP contribution in [0.2, 0.25) is 0 Å². The second-order valence-electron chi connectivity index (χ2n) is 5.05. The maximum atomic E-state index is 12.7. The zero-order chi connectivity index (χ0) is 18.8. The number of nitro groups is 1. The predicted molar refractivity (Wildman–Crippen MR) is 89.9 cm³/mol. The summed E-state index contributed by atoms with van der Waals surface area (Å²) in [6, 6.07) is 9.20. The summed E-state index contributed by atoms with van der Waals surface area (Å²) in [7, 11) is -4.14. The molecule has 0 aromatic heterocycles. The molecule has 0 heterocycles. The minimum Gasteiger partial charge on any atom is -0.370 e. The minimum atomic E-state index is -4.14. The third-order valence-corrected chi connectivity index (χ3v) is 5.11. The Hall–Kier alpha value is -3.27. The van der Waals surface area contributed by atoms with Crippen LogP contribution in [0.25, 0.3) is 0 Å². The van der Waals surface area contributed by atoms with E-state index in [9.17, 15) is 23.3 Å². The van der Waals surface area contributed by atoms with E-state index < -0.39 is 37.2 Å². The molecule has 0 aliphatic heterocycles. The van der Waals surface area contributed by atoms with Crippen LogP contribution in [0.15, 0.2) is 57.2 Å². The van der Waals surface area contributed by atoms with E-state index >= 15 is 0 Å². The lowest BCUT2D eigenvalue weighted by Gasteiger charge is -2.09. The summed E-state index contributed by atoms with van der Waals surface area (Å²) in [4.78, 5) is 25.2. The van der Waals surface area contributed by atoms with Gasteiger partial charge in [0.1, 0.15) is 4.90 Å². The number of aryl methyl sites for hydroxylation is 1. The molecule has 2 rings (SSSR count). The van der Waals surface area contributed by atoms with Gasteiger partial charge >= 0.3 is 0 Å². The normalized spacial score (nSPS) is 10.9. The first kappa shape index (κ1) is 18.1. The molecule has 0 fully saturated rings. The third-order valence-electron chi connectivity index (χ3n) is 3.31. The van der Waals surface area contributed by atoms with Crippen LogP contribution < -0.4 is 11.5 Å².